The van der Waals surface area contributed by atoms with E-state index in [1.807, 2.05) is 6.08 Å². The molecule has 4 heteroatoms. The molecule has 0 aromatic heterocycles. The van der Waals surface area contributed by atoms with Gasteiger partial charge in [-0.05, 0) is 12.8 Å². The summed E-state index contributed by atoms with van der Waals surface area (Å²) in [6.07, 6.45) is 4.97. The van der Waals surface area contributed by atoms with Gasteiger partial charge < -0.3 is 15.2 Å². The summed E-state index contributed by atoms with van der Waals surface area (Å²) in [6.45, 7) is 3.84. The number of rotatable bonds is 3. The van der Waals surface area contributed by atoms with Crippen molar-refractivity contribution in [2.75, 3.05) is 6.54 Å². The van der Waals surface area contributed by atoms with Crippen molar-refractivity contribution in [3.63, 3.8) is 0 Å². The van der Waals surface area contributed by atoms with Gasteiger partial charge in [0.05, 0.1) is 0 Å². The maximum Gasteiger partial charge on any atom is 0.407 e. The molecule has 2 N–H and O–H groups in total. The quantitative estimate of drug-likeness (QED) is 0.663. The van der Waals surface area contributed by atoms with Gasteiger partial charge in [-0.2, -0.15) is 0 Å². The van der Waals surface area contributed by atoms with Crippen molar-refractivity contribution >= 4 is 6.09 Å². The van der Waals surface area contributed by atoms with Gasteiger partial charge >= 0.3 is 6.09 Å². The van der Waals surface area contributed by atoms with Gasteiger partial charge in [0.2, 0.25) is 0 Å². The van der Waals surface area contributed by atoms with Crippen molar-refractivity contribution in [3.8, 4) is 0 Å². The van der Waals surface area contributed by atoms with E-state index in [1.54, 1.807) is 12.2 Å². The number of aliphatic hydroxyl groups excluding tert-OH is 1. The number of carbonyl (C=O) groups excluding carboxylic acids is 1. The molecular formula is C10H15NO3. The molecule has 1 aliphatic carbocycles. The van der Waals surface area contributed by atoms with Crippen molar-refractivity contribution in [2.45, 2.75) is 25.0 Å². The van der Waals surface area contributed by atoms with Crippen LogP contribution in [-0.4, -0.2) is 30.0 Å². The third-order valence-corrected chi connectivity index (χ3v) is 1.98. The Bertz CT molecular complexity index is 238. The first-order valence-corrected chi connectivity index (χ1v) is 4.64. The van der Waals surface area contributed by atoms with E-state index in [2.05, 4.69) is 11.9 Å². The van der Waals surface area contributed by atoms with E-state index >= 15 is 0 Å². The van der Waals surface area contributed by atoms with Crippen LogP contribution in [0.15, 0.2) is 24.8 Å². The molecule has 0 bridgehead atoms. The molecular weight excluding hydrogens is 182 g/mol. The Morgan fingerprint density at radius 2 is 2.57 bits per heavy atom. The second-order valence-electron chi connectivity index (χ2n) is 3.11. The minimum absolute atomic E-state index is 0.373. The van der Waals surface area contributed by atoms with Crippen LogP contribution in [-0.2, 0) is 4.74 Å². The maximum atomic E-state index is 11.1. The summed E-state index contributed by atoms with van der Waals surface area (Å²) in [4.78, 5) is 11.1. The molecule has 1 rings (SSSR count). The minimum atomic E-state index is -0.682. The van der Waals surface area contributed by atoms with Crippen LogP contribution in [0.25, 0.3) is 0 Å². The molecule has 0 heterocycles. The van der Waals surface area contributed by atoms with Gasteiger partial charge in [0.15, 0.2) is 0 Å². The summed E-state index contributed by atoms with van der Waals surface area (Å²) in [6, 6.07) is 0. The molecule has 78 valence electrons. The molecule has 0 saturated heterocycles. The molecule has 0 aromatic rings. The number of ether oxygens (including phenoxy) is 1. The molecule has 0 saturated carbocycles. The van der Waals surface area contributed by atoms with Gasteiger partial charge in [-0.3, -0.25) is 0 Å². The average molecular weight is 197 g/mol. The molecule has 0 aliphatic heterocycles. The van der Waals surface area contributed by atoms with Gasteiger partial charge in [0.1, 0.15) is 12.2 Å². The SMILES string of the molecule is C=CCNC(=O)O[C@H]1CCC=C[C@H]1O. The zero-order valence-corrected chi connectivity index (χ0v) is 7.98. The molecule has 0 radical (unpaired) electrons. The lowest BCUT2D eigenvalue weighted by Gasteiger charge is -2.23. The molecule has 4 nitrogen and oxygen atoms in total. The Labute approximate surface area is 83.3 Å². The molecule has 14 heavy (non-hydrogen) atoms. The summed E-state index contributed by atoms with van der Waals surface area (Å²) in [5.74, 6) is 0. The summed E-state index contributed by atoms with van der Waals surface area (Å²) in [7, 11) is 0. The standard InChI is InChI=1S/C10H15NO3/c1-2-7-11-10(13)14-9-6-4-3-5-8(9)12/h2-3,5,8-9,12H,1,4,6-7H2,(H,11,13)/t8-,9+/m1/s1. The fourth-order valence-corrected chi connectivity index (χ4v) is 1.25. The normalized spacial score (nSPS) is 25.5. The summed E-state index contributed by atoms with van der Waals surface area (Å²) in [5.41, 5.74) is 0. The number of aliphatic hydroxyl groups is 1. The van der Waals surface area contributed by atoms with E-state index in [0.29, 0.717) is 13.0 Å². The Balaban J connectivity index is 2.32. The highest BCUT2D eigenvalue weighted by Gasteiger charge is 2.22. The summed E-state index contributed by atoms with van der Waals surface area (Å²) in [5, 5.41) is 11.9. The lowest BCUT2D eigenvalue weighted by Crippen LogP contribution is -2.36. The molecule has 0 aromatic carbocycles. The number of carbonyl (C=O) groups is 1. The zero-order chi connectivity index (χ0) is 10.4. The third kappa shape index (κ3) is 3.22. The fraction of sp³-hybridized carbons (Fsp3) is 0.500. The molecule has 1 aliphatic rings. The van der Waals surface area contributed by atoms with Crippen molar-refractivity contribution in [1.82, 2.24) is 5.32 Å². The highest BCUT2D eigenvalue weighted by atomic mass is 16.6. The van der Waals surface area contributed by atoms with Crippen LogP contribution in [0.4, 0.5) is 4.79 Å². The zero-order valence-electron chi connectivity index (χ0n) is 7.98. The topological polar surface area (TPSA) is 58.6 Å². The molecule has 0 fully saturated rings. The van der Waals surface area contributed by atoms with Gasteiger partial charge in [0, 0.05) is 6.54 Å². The number of nitrogens with one attached hydrogen (secondary N) is 1. The number of hydrogen-bond donors (Lipinski definition) is 2. The van der Waals surface area contributed by atoms with E-state index in [9.17, 15) is 9.90 Å². The Morgan fingerprint density at radius 1 is 1.79 bits per heavy atom. The number of allylic oxidation sites excluding steroid dienone is 1. The minimum Gasteiger partial charge on any atom is -0.443 e. The van der Waals surface area contributed by atoms with Gasteiger partial charge in [-0.1, -0.05) is 18.2 Å². The van der Waals surface area contributed by atoms with Crippen molar-refractivity contribution in [2.24, 2.45) is 0 Å². The second-order valence-corrected chi connectivity index (χ2v) is 3.11. The largest absolute Gasteiger partial charge is 0.443 e. The summed E-state index contributed by atoms with van der Waals surface area (Å²) < 4.78 is 5.01. The smallest absolute Gasteiger partial charge is 0.407 e. The second kappa shape index (κ2) is 5.44. The third-order valence-electron chi connectivity index (χ3n) is 1.98. The van der Waals surface area contributed by atoms with E-state index < -0.39 is 18.3 Å². The first-order chi connectivity index (χ1) is 6.74. The van der Waals surface area contributed by atoms with Crippen LogP contribution in [0, 0.1) is 0 Å². The van der Waals surface area contributed by atoms with Gasteiger partial charge in [-0.15, -0.1) is 6.58 Å². The lowest BCUT2D eigenvalue weighted by atomic mass is 10.0. The van der Waals surface area contributed by atoms with Crippen LogP contribution in [0.1, 0.15) is 12.8 Å². The number of alkyl carbamates (subject to hydrolysis) is 1. The van der Waals surface area contributed by atoms with Gasteiger partial charge in [0.25, 0.3) is 0 Å². The Kier molecular flexibility index (Phi) is 4.19. The van der Waals surface area contributed by atoms with Gasteiger partial charge in [-0.25, -0.2) is 4.79 Å². The molecule has 1 amide bonds. The first kappa shape index (κ1) is 10.8. The van der Waals surface area contributed by atoms with Crippen LogP contribution in [0.2, 0.25) is 0 Å². The predicted molar refractivity (Wildman–Crippen MR) is 52.8 cm³/mol. The van der Waals surface area contributed by atoms with Crippen molar-refractivity contribution in [1.29, 1.82) is 0 Å². The van der Waals surface area contributed by atoms with E-state index in [0.717, 1.165) is 6.42 Å². The number of hydrogen-bond acceptors (Lipinski definition) is 3. The van der Waals surface area contributed by atoms with Crippen molar-refractivity contribution < 1.29 is 14.6 Å². The fourth-order valence-electron chi connectivity index (χ4n) is 1.25. The van der Waals surface area contributed by atoms with Crippen LogP contribution in [0.3, 0.4) is 0 Å². The average Bonchev–Trinajstić information content (AvgIpc) is 2.18. The molecule has 0 unspecified atom stereocenters. The maximum absolute atomic E-state index is 11.1. The highest BCUT2D eigenvalue weighted by Crippen LogP contribution is 2.14. The predicted octanol–water partition coefficient (Wildman–Crippen LogP) is 0.978. The first-order valence-electron chi connectivity index (χ1n) is 4.64. The van der Waals surface area contributed by atoms with E-state index in [1.165, 1.54) is 0 Å². The summed E-state index contributed by atoms with van der Waals surface area (Å²) >= 11 is 0. The van der Waals surface area contributed by atoms with Crippen LogP contribution < -0.4 is 5.32 Å². The molecule has 2 atom stereocenters. The Hall–Kier alpha value is -1.29. The lowest BCUT2D eigenvalue weighted by molar-refractivity contribution is 0.0177. The van der Waals surface area contributed by atoms with E-state index in [-0.39, 0.29) is 0 Å². The molecule has 0 spiro atoms. The van der Waals surface area contributed by atoms with Crippen LogP contribution >= 0.6 is 0 Å². The van der Waals surface area contributed by atoms with Crippen molar-refractivity contribution in [3.05, 3.63) is 24.8 Å². The van der Waals surface area contributed by atoms with E-state index in [4.69, 9.17) is 4.74 Å². The number of amides is 1. The monoisotopic (exact) mass is 197 g/mol. The Morgan fingerprint density at radius 3 is 3.21 bits per heavy atom. The van der Waals surface area contributed by atoms with Crippen LogP contribution in [0.5, 0.6) is 0 Å². The highest BCUT2D eigenvalue weighted by molar-refractivity contribution is 5.67.